The number of benzene rings is 2. The van der Waals surface area contributed by atoms with Crippen LogP contribution in [0.15, 0.2) is 29.2 Å². The molecule has 0 spiro atoms. The third-order valence-corrected chi connectivity index (χ3v) is 6.67. The lowest BCUT2D eigenvalue weighted by Gasteiger charge is -2.30. The molecule has 2 aliphatic carbocycles. The number of nitrogens with two attached hydrogens (primary N) is 2. The second-order valence-electron chi connectivity index (χ2n) is 7.33. The van der Waals surface area contributed by atoms with Gasteiger partial charge in [-0.2, -0.15) is 8.42 Å². The maximum absolute atomic E-state index is 13.3. The van der Waals surface area contributed by atoms with Crippen molar-refractivity contribution < 1.29 is 22.6 Å². The van der Waals surface area contributed by atoms with Gasteiger partial charge in [-0.15, -0.1) is 0 Å². The number of carbonyl (C=O) groups is 2. The Morgan fingerprint density at radius 2 is 1.39 bits per heavy atom. The summed E-state index contributed by atoms with van der Waals surface area (Å²) in [7, 11) is -4.79. The molecule has 5 N–H and O–H groups in total. The number of hydrogen-bond acceptors (Lipinski definition) is 6. The highest BCUT2D eigenvalue weighted by Crippen LogP contribution is 2.46. The van der Waals surface area contributed by atoms with Gasteiger partial charge in [-0.25, -0.2) is 0 Å². The minimum atomic E-state index is -4.79. The second kappa shape index (κ2) is 6.42. The minimum Gasteiger partial charge on any atom is -0.397 e. The van der Waals surface area contributed by atoms with Crippen molar-refractivity contribution in [3.63, 3.8) is 0 Å². The molecule has 1 fully saturated rings. The van der Waals surface area contributed by atoms with Crippen molar-refractivity contribution in [3.8, 4) is 0 Å². The largest absolute Gasteiger partial charge is 0.397 e. The molecule has 146 valence electrons. The zero-order chi connectivity index (χ0) is 20.2. The van der Waals surface area contributed by atoms with E-state index in [0.717, 1.165) is 19.3 Å². The van der Waals surface area contributed by atoms with Crippen LogP contribution in [0.2, 0.25) is 0 Å². The van der Waals surface area contributed by atoms with Crippen molar-refractivity contribution >= 4 is 33.1 Å². The molecule has 0 bridgehead atoms. The zero-order valence-electron chi connectivity index (χ0n) is 15.1. The van der Waals surface area contributed by atoms with E-state index in [9.17, 15) is 22.6 Å². The summed E-state index contributed by atoms with van der Waals surface area (Å²) in [6.45, 7) is 0. The SMILES string of the molecule is Nc1c2c(c(C3CCCCC3)c(N)c1S(=O)(=O)O)C(=O)c1ccccc1C2=O. The first-order chi connectivity index (χ1) is 13.2. The van der Waals surface area contributed by atoms with Crippen LogP contribution in [0.25, 0.3) is 0 Å². The summed E-state index contributed by atoms with van der Waals surface area (Å²) in [5, 5.41) is 0. The summed E-state index contributed by atoms with van der Waals surface area (Å²) in [5.74, 6) is -1.11. The van der Waals surface area contributed by atoms with Crippen molar-refractivity contribution in [2.24, 2.45) is 0 Å². The number of fused-ring (bicyclic) bond motifs is 2. The van der Waals surface area contributed by atoms with E-state index in [-0.39, 0.29) is 33.9 Å². The van der Waals surface area contributed by atoms with Crippen LogP contribution in [0.4, 0.5) is 11.4 Å². The smallest absolute Gasteiger partial charge is 0.298 e. The van der Waals surface area contributed by atoms with Gasteiger partial charge in [-0.1, -0.05) is 43.5 Å². The van der Waals surface area contributed by atoms with Gasteiger partial charge in [-0.3, -0.25) is 14.1 Å². The molecular formula is C20H20N2O5S. The van der Waals surface area contributed by atoms with Crippen LogP contribution in [0.3, 0.4) is 0 Å². The monoisotopic (exact) mass is 400 g/mol. The fraction of sp³-hybridized carbons (Fsp3) is 0.300. The normalized spacial score (nSPS) is 17.3. The molecule has 2 aromatic rings. The summed E-state index contributed by atoms with van der Waals surface area (Å²) in [5.41, 5.74) is 12.1. The number of anilines is 2. The molecule has 0 unspecified atom stereocenters. The van der Waals surface area contributed by atoms with E-state index in [1.54, 1.807) is 18.2 Å². The lowest BCUT2D eigenvalue weighted by Crippen LogP contribution is -2.28. The van der Waals surface area contributed by atoms with E-state index >= 15 is 0 Å². The fourth-order valence-corrected chi connectivity index (χ4v) is 5.27. The zero-order valence-corrected chi connectivity index (χ0v) is 15.9. The maximum atomic E-state index is 13.3. The lowest BCUT2D eigenvalue weighted by atomic mass is 9.74. The number of rotatable bonds is 2. The third kappa shape index (κ3) is 2.63. The summed E-state index contributed by atoms with van der Waals surface area (Å²) >= 11 is 0. The van der Waals surface area contributed by atoms with Crippen LogP contribution in [-0.4, -0.2) is 24.5 Å². The number of nitrogen functional groups attached to an aromatic ring is 2. The van der Waals surface area contributed by atoms with E-state index in [1.165, 1.54) is 6.07 Å². The Kier molecular flexibility index (Phi) is 4.28. The van der Waals surface area contributed by atoms with E-state index in [2.05, 4.69) is 0 Å². The summed E-state index contributed by atoms with van der Waals surface area (Å²) in [4.78, 5) is 25.8. The second-order valence-corrected chi connectivity index (χ2v) is 8.69. The summed E-state index contributed by atoms with van der Waals surface area (Å²) < 4.78 is 33.8. The van der Waals surface area contributed by atoms with Crippen molar-refractivity contribution in [1.82, 2.24) is 0 Å². The van der Waals surface area contributed by atoms with Gasteiger partial charge in [0.05, 0.1) is 16.9 Å². The van der Waals surface area contributed by atoms with Gasteiger partial charge >= 0.3 is 0 Å². The molecule has 0 aromatic heterocycles. The lowest BCUT2D eigenvalue weighted by molar-refractivity contribution is 0.0978. The first-order valence-electron chi connectivity index (χ1n) is 9.14. The molecule has 0 saturated heterocycles. The number of hydrogen-bond donors (Lipinski definition) is 3. The molecule has 1 saturated carbocycles. The Labute approximate surface area is 162 Å². The molecule has 0 radical (unpaired) electrons. The van der Waals surface area contributed by atoms with Crippen LogP contribution < -0.4 is 11.5 Å². The molecule has 8 heteroatoms. The molecule has 7 nitrogen and oxygen atoms in total. The van der Waals surface area contributed by atoms with Crippen molar-refractivity contribution in [3.05, 3.63) is 52.1 Å². The molecular weight excluding hydrogens is 380 g/mol. The highest BCUT2D eigenvalue weighted by atomic mass is 32.2. The van der Waals surface area contributed by atoms with Gasteiger partial charge < -0.3 is 11.5 Å². The molecule has 0 aliphatic heterocycles. The highest BCUT2D eigenvalue weighted by molar-refractivity contribution is 7.86. The van der Waals surface area contributed by atoms with Crippen LogP contribution in [-0.2, 0) is 10.1 Å². The predicted molar refractivity (Wildman–Crippen MR) is 104 cm³/mol. The van der Waals surface area contributed by atoms with Crippen molar-refractivity contribution in [1.29, 1.82) is 0 Å². The van der Waals surface area contributed by atoms with Gasteiger partial charge in [0.25, 0.3) is 10.1 Å². The van der Waals surface area contributed by atoms with Gasteiger partial charge in [0.1, 0.15) is 4.90 Å². The average Bonchev–Trinajstić information content (AvgIpc) is 2.65. The Hall–Kier alpha value is -2.71. The molecule has 2 aromatic carbocycles. The Bertz CT molecular complexity index is 1130. The van der Waals surface area contributed by atoms with Crippen LogP contribution in [0, 0.1) is 0 Å². The molecule has 28 heavy (non-hydrogen) atoms. The van der Waals surface area contributed by atoms with E-state index in [0.29, 0.717) is 18.4 Å². The van der Waals surface area contributed by atoms with Gasteiger partial charge in [0, 0.05) is 16.7 Å². The van der Waals surface area contributed by atoms with E-state index in [1.807, 2.05) is 0 Å². The van der Waals surface area contributed by atoms with Crippen LogP contribution >= 0.6 is 0 Å². The topological polar surface area (TPSA) is 141 Å². The van der Waals surface area contributed by atoms with Gasteiger partial charge in [0.2, 0.25) is 0 Å². The average molecular weight is 400 g/mol. The first-order valence-corrected chi connectivity index (χ1v) is 10.6. The third-order valence-electron chi connectivity index (χ3n) is 5.71. The predicted octanol–water partition coefficient (Wildman–Crippen LogP) is 2.92. The molecule has 2 aliphatic rings. The summed E-state index contributed by atoms with van der Waals surface area (Å²) in [6.07, 6.45) is 4.28. The minimum absolute atomic E-state index is 0.0815. The van der Waals surface area contributed by atoms with E-state index < -0.39 is 32.3 Å². The fourth-order valence-electron chi connectivity index (χ4n) is 4.50. The number of ketones is 2. The van der Waals surface area contributed by atoms with Crippen LogP contribution in [0.5, 0.6) is 0 Å². The maximum Gasteiger partial charge on any atom is 0.298 e. The van der Waals surface area contributed by atoms with Crippen molar-refractivity contribution in [2.45, 2.75) is 42.9 Å². The molecule has 0 atom stereocenters. The van der Waals surface area contributed by atoms with Crippen molar-refractivity contribution in [2.75, 3.05) is 11.5 Å². The quantitative estimate of drug-likeness (QED) is 0.443. The Balaban J connectivity index is 2.12. The highest BCUT2D eigenvalue weighted by Gasteiger charge is 2.40. The van der Waals surface area contributed by atoms with Crippen LogP contribution in [0.1, 0.15) is 75.4 Å². The summed E-state index contributed by atoms with van der Waals surface area (Å²) in [6, 6.07) is 6.34. The number of carbonyl (C=O) groups excluding carboxylic acids is 2. The Morgan fingerprint density at radius 3 is 1.93 bits per heavy atom. The molecule has 0 heterocycles. The van der Waals surface area contributed by atoms with Gasteiger partial charge in [-0.05, 0) is 24.3 Å². The van der Waals surface area contributed by atoms with Gasteiger partial charge in [0.15, 0.2) is 11.6 Å². The standard InChI is InChI=1S/C20H20N2O5S/c21-16-13(10-6-2-1-3-7-10)14-15(17(22)20(16)28(25,26)27)19(24)12-9-5-4-8-11(12)18(14)23/h4-5,8-10H,1-3,6-7,21-22H2,(H,25,26,27). The first kappa shape index (κ1) is 18.6. The van der Waals surface area contributed by atoms with E-state index in [4.69, 9.17) is 11.5 Å². The molecule has 0 amide bonds. The molecule has 4 rings (SSSR count). The Morgan fingerprint density at radius 1 is 0.857 bits per heavy atom.